The van der Waals surface area contributed by atoms with Crippen LogP contribution >= 0.6 is 0 Å². The SMILES string of the molecule is N/C(=N/O)c1ccc(OCCn2cncn2)cc1. The average molecular weight is 247 g/mol. The molecule has 0 aliphatic heterocycles. The minimum Gasteiger partial charge on any atom is -0.492 e. The molecule has 0 bridgehead atoms. The van der Waals surface area contributed by atoms with Crippen molar-refractivity contribution in [3.8, 4) is 5.75 Å². The van der Waals surface area contributed by atoms with Crippen LogP contribution in [0.3, 0.4) is 0 Å². The van der Waals surface area contributed by atoms with Crippen LogP contribution in [0.4, 0.5) is 0 Å². The van der Waals surface area contributed by atoms with Crippen LogP contribution in [-0.2, 0) is 6.54 Å². The molecule has 0 saturated carbocycles. The molecule has 94 valence electrons. The van der Waals surface area contributed by atoms with Gasteiger partial charge in [0, 0.05) is 5.56 Å². The zero-order valence-electron chi connectivity index (χ0n) is 9.60. The zero-order valence-corrected chi connectivity index (χ0v) is 9.60. The minimum absolute atomic E-state index is 0.0733. The van der Waals surface area contributed by atoms with Crippen molar-refractivity contribution in [2.24, 2.45) is 10.9 Å². The van der Waals surface area contributed by atoms with Crippen LogP contribution < -0.4 is 10.5 Å². The molecular weight excluding hydrogens is 234 g/mol. The maximum atomic E-state index is 8.52. The summed E-state index contributed by atoms with van der Waals surface area (Å²) in [7, 11) is 0. The predicted octanol–water partition coefficient (Wildman–Crippen LogP) is 0.452. The highest BCUT2D eigenvalue weighted by Gasteiger charge is 2.00. The van der Waals surface area contributed by atoms with E-state index in [1.165, 1.54) is 6.33 Å². The lowest BCUT2D eigenvalue weighted by Crippen LogP contribution is -2.13. The molecule has 0 unspecified atom stereocenters. The summed E-state index contributed by atoms with van der Waals surface area (Å²) in [6, 6.07) is 6.96. The number of hydrogen-bond donors (Lipinski definition) is 2. The fourth-order valence-electron chi connectivity index (χ4n) is 1.38. The average Bonchev–Trinajstić information content (AvgIpc) is 2.92. The van der Waals surface area contributed by atoms with Crippen molar-refractivity contribution in [1.29, 1.82) is 0 Å². The van der Waals surface area contributed by atoms with Crippen molar-refractivity contribution in [2.75, 3.05) is 6.61 Å². The van der Waals surface area contributed by atoms with Crippen molar-refractivity contribution in [1.82, 2.24) is 14.8 Å². The van der Waals surface area contributed by atoms with E-state index in [4.69, 9.17) is 15.7 Å². The number of nitrogens with zero attached hydrogens (tertiary/aromatic N) is 4. The zero-order chi connectivity index (χ0) is 12.8. The molecule has 0 fully saturated rings. The van der Waals surface area contributed by atoms with Crippen molar-refractivity contribution in [2.45, 2.75) is 6.54 Å². The van der Waals surface area contributed by atoms with E-state index in [1.54, 1.807) is 35.3 Å². The Morgan fingerprint density at radius 1 is 1.39 bits per heavy atom. The van der Waals surface area contributed by atoms with Gasteiger partial charge in [-0.1, -0.05) is 5.16 Å². The van der Waals surface area contributed by atoms with Crippen LogP contribution in [0.15, 0.2) is 42.1 Å². The lowest BCUT2D eigenvalue weighted by molar-refractivity contribution is 0.291. The Kier molecular flexibility index (Phi) is 3.75. The van der Waals surface area contributed by atoms with E-state index in [0.717, 1.165) is 0 Å². The second kappa shape index (κ2) is 5.67. The van der Waals surface area contributed by atoms with Gasteiger partial charge < -0.3 is 15.7 Å². The quantitative estimate of drug-likeness (QED) is 0.346. The Morgan fingerprint density at radius 3 is 2.78 bits per heavy atom. The van der Waals surface area contributed by atoms with Gasteiger partial charge in [-0.2, -0.15) is 5.10 Å². The smallest absolute Gasteiger partial charge is 0.170 e. The molecule has 1 aromatic carbocycles. The molecule has 7 nitrogen and oxygen atoms in total. The van der Waals surface area contributed by atoms with Gasteiger partial charge in [0.2, 0.25) is 0 Å². The summed E-state index contributed by atoms with van der Waals surface area (Å²) in [5.41, 5.74) is 6.09. The molecule has 0 aliphatic rings. The molecule has 0 spiro atoms. The Bertz CT molecular complexity index is 507. The fourth-order valence-corrected chi connectivity index (χ4v) is 1.38. The molecular formula is C11H13N5O2. The molecule has 1 aromatic heterocycles. The number of nitrogens with two attached hydrogens (primary N) is 1. The molecule has 0 atom stereocenters. The molecule has 0 radical (unpaired) electrons. The first-order valence-electron chi connectivity index (χ1n) is 5.33. The molecule has 7 heteroatoms. The number of rotatable bonds is 5. The van der Waals surface area contributed by atoms with Crippen LogP contribution in [0.2, 0.25) is 0 Å². The first-order valence-corrected chi connectivity index (χ1v) is 5.33. The maximum absolute atomic E-state index is 8.52. The third-order valence-corrected chi connectivity index (χ3v) is 2.31. The predicted molar refractivity (Wildman–Crippen MR) is 64.5 cm³/mol. The summed E-state index contributed by atoms with van der Waals surface area (Å²) in [4.78, 5) is 3.83. The molecule has 2 aromatic rings. The summed E-state index contributed by atoms with van der Waals surface area (Å²) in [5.74, 6) is 0.786. The highest BCUT2D eigenvalue weighted by molar-refractivity contribution is 5.97. The fraction of sp³-hybridized carbons (Fsp3) is 0.182. The van der Waals surface area contributed by atoms with Gasteiger partial charge in [0.1, 0.15) is 25.0 Å². The summed E-state index contributed by atoms with van der Waals surface area (Å²) >= 11 is 0. The number of benzene rings is 1. The van der Waals surface area contributed by atoms with Gasteiger partial charge in [0.15, 0.2) is 5.84 Å². The Morgan fingerprint density at radius 2 is 2.17 bits per heavy atom. The van der Waals surface area contributed by atoms with E-state index in [0.29, 0.717) is 24.5 Å². The third kappa shape index (κ3) is 2.97. The van der Waals surface area contributed by atoms with E-state index < -0.39 is 0 Å². The van der Waals surface area contributed by atoms with E-state index in [-0.39, 0.29) is 5.84 Å². The van der Waals surface area contributed by atoms with Gasteiger partial charge in [0.05, 0.1) is 6.54 Å². The summed E-state index contributed by atoms with van der Waals surface area (Å²) < 4.78 is 7.20. The van der Waals surface area contributed by atoms with Gasteiger partial charge in [-0.05, 0) is 24.3 Å². The maximum Gasteiger partial charge on any atom is 0.170 e. The molecule has 3 N–H and O–H groups in total. The molecule has 0 saturated heterocycles. The van der Waals surface area contributed by atoms with Crippen molar-refractivity contribution >= 4 is 5.84 Å². The Hall–Kier alpha value is -2.57. The number of ether oxygens (including phenoxy) is 1. The van der Waals surface area contributed by atoms with E-state index in [2.05, 4.69) is 15.2 Å². The number of hydrogen-bond acceptors (Lipinski definition) is 5. The number of oxime groups is 1. The lowest BCUT2D eigenvalue weighted by Gasteiger charge is -2.06. The minimum atomic E-state index is 0.0733. The summed E-state index contributed by atoms with van der Waals surface area (Å²) in [6.45, 7) is 1.12. The lowest BCUT2D eigenvalue weighted by atomic mass is 10.2. The second-order valence-corrected chi connectivity index (χ2v) is 3.52. The van der Waals surface area contributed by atoms with Gasteiger partial charge >= 0.3 is 0 Å². The van der Waals surface area contributed by atoms with Crippen molar-refractivity contribution < 1.29 is 9.94 Å². The van der Waals surface area contributed by atoms with Crippen LogP contribution in [-0.4, -0.2) is 32.4 Å². The highest BCUT2D eigenvalue weighted by atomic mass is 16.5. The van der Waals surface area contributed by atoms with Crippen LogP contribution in [0.1, 0.15) is 5.56 Å². The second-order valence-electron chi connectivity index (χ2n) is 3.52. The standard InChI is InChI=1S/C11H13N5O2/c12-11(15-17)9-1-3-10(4-2-9)18-6-5-16-8-13-7-14-16/h1-4,7-8,17H,5-6H2,(H2,12,15). The first-order chi connectivity index (χ1) is 8.79. The summed E-state index contributed by atoms with van der Waals surface area (Å²) in [6.07, 6.45) is 3.11. The number of aromatic nitrogens is 3. The van der Waals surface area contributed by atoms with Gasteiger partial charge in [-0.25, -0.2) is 9.67 Å². The van der Waals surface area contributed by atoms with Crippen LogP contribution in [0.25, 0.3) is 0 Å². The first kappa shape index (κ1) is 11.9. The largest absolute Gasteiger partial charge is 0.492 e. The molecule has 18 heavy (non-hydrogen) atoms. The number of amidine groups is 1. The van der Waals surface area contributed by atoms with Crippen LogP contribution in [0.5, 0.6) is 5.75 Å². The molecule has 1 heterocycles. The van der Waals surface area contributed by atoms with Crippen molar-refractivity contribution in [3.05, 3.63) is 42.5 Å². The van der Waals surface area contributed by atoms with E-state index >= 15 is 0 Å². The highest BCUT2D eigenvalue weighted by Crippen LogP contribution is 2.11. The van der Waals surface area contributed by atoms with Gasteiger partial charge in [-0.15, -0.1) is 0 Å². The summed E-state index contributed by atoms with van der Waals surface area (Å²) in [5, 5.41) is 15.4. The van der Waals surface area contributed by atoms with Crippen LogP contribution in [0, 0.1) is 0 Å². The van der Waals surface area contributed by atoms with Crippen molar-refractivity contribution in [3.63, 3.8) is 0 Å². The van der Waals surface area contributed by atoms with Gasteiger partial charge in [0.25, 0.3) is 0 Å². The van der Waals surface area contributed by atoms with Gasteiger partial charge in [-0.3, -0.25) is 0 Å². The van der Waals surface area contributed by atoms with E-state index in [1.807, 2.05) is 0 Å². The Labute approximate surface area is 104 Å². The molecule has 2 rings (SSSR count). The monoisotopic (exact) mass is 247 g/mol. The topological polar surface area (TPSA) is 98.6 Å². The Balaban J connectivity index is 1.87. The molecule has 0 amide bonds. The normalized spacial score (nSPS) is 11.4. The molecule has 0 aliphatic carbocycles. The third-order valence-electron chi connectivity index (χ3n) is 2.31. The van der Waals surface area contributed by atoms with E-state index in [9.17, 15) is 0 Å².